The fraction of sp³-hybridized carbons (Fsp3) is 0.562. The van der Waals surface area contributed by atoms with Crippen LogP contribution in [0.2, 0.25) is 5.02 Å². The summed E-state index contributed by atoms with van der Waals surface area (Å²) >= 11 is 6.46. The summed E-state index contributed by atoms with van der Waals surface area (Å²) < 4.78 is 26.7. The van der Waals surface area contributed by atoms with Gasteiger partial charge in [-0.05, 0) is 73.6 Å². The fourth-order valence-electron chi connectivity index (χ4n) is 6.12. The Morgan fingerprint density at radius 2 is 1.79 bits per heavy atom. The molecule has 1 saturated heterocycles. The minimum Gasteiger partial charge on any atom is -0.487 e. The SMILES string of the molecule is COCCCCOc1nn(C2CCC(N3CCOCC3)CC2)cc1Nc1ncc(-c2ccc(Cl)c(O[C@@H](C)Cn3cnnn3)c2)cn1. The molecule has 4 aromatic rings. The maximum absolute atomic E-state index is 6.46. The van der Waals surface area contributed by atoms with E-state index in [9.17, 15) is 0 Å². The summed E-state index contributed by atoms with van der Waals surface area (Å²) in [5, 5.41) is 20.0. The van der Waals surface area contributed by atoms with E-state index in [2.05, 4.69) is 40.4 Å². The second kappa shape index (κ2) is 16.3. The number of tetrazole rings is 1. The van der Waals surface area contributed by atoms with Gasteiger partial charge in [0, 0.05) is 50.8 Å². The van der Waals surface area contributed by atoms with Crippen LogP contribution in [-0.2, 0) is 16.0 Å². The van der Waals surface area contributed by atoms with Crippen molar-refractivity contribution in [1.82, 2.24) is 44.9 Å². The number of hydrogen-bond acceptors (Lipinski definition) is 12. The van der Waals surface area contributed by atoms with E-state index in [0.29, 0.717) is 54.4 Å². The van der Waals surface area contributed by atoms with E-state index in [4.69, 9.17) is 35.6 Å². The Kier molecular flexibility index (Phi) is 11.5. The van der Waals surface area contributed by atoms with Crippen molar-refractivity contribution in [2.24, 2.45) is 0 Å². The molecule has 1 aliphatic heterocycles. The van der Waals surface area contributed by atoms with Crippen molar-refractivity contribution in [3.8, 4) is 22.8 Å². The molecule has 0 amide bonds. The van der Waals surface area contributed by atoms with Crippen molar-refractivity contribution in [3.05, 3.63) is 48.1 Å². The van der Waals surface area contributed by atoms with E-state index in [1.807, 2.05) is 25.3 Å². The van der Waals surface area contributed by atoms with Gasteiger partial charge in [0.25, 0.3) is 5.88 Å². The number of morpholine rings is 1. The highest BCUT2D eigenvalue weighted by atomic mass is 35.5. The number of methoxy groups -OCH3 is 1. The van der Waals surface area contributed by atoms with Crippen LogP contribution in [0.5, 0.6) is 11.6 Å². The lowest BCUT2D eigenvalue weighted by Gasteiger charge is -2.38. The smallest absolute Gasteiger partial charge is 0.256 e. The predicted molar refractivity (Wildman–Crippen MR) is 176 cm³/mol. The Morgan fingerprint density at radius 1 is 1.02 bits per heavy atom. The highest BCUT2D eigenvalue weighted by Crippen LogP contribution is 2.35. The number of hydrogen-bond donors (Lipinski definition) is 1. The van der Waals surface area contributed by atoms with Crippen LogP contribution in [-0.4, -0.2) is 104 Å². The zero-order valence-electron chi connectivity index (χ0n) is 27.0. The molecule has 0 unspecified atom stereocenters. The van der Waals surface area contributed by atoms with Gasteiger partial charge in [-0.15, -0.1) is 10.2 Å². The maximum Gasteiger partial charge on any atom is 0.256 e. The summed E-state index contributed by atoms with van der Waals surface area (Å²) in [6, 6.07) is 6.55. The van der Waals surface area contributed by atoms with Gasteiger partial charge < -0.3 is 24.3 Å². The van der Waals surface area contributed by atoms with E-state index in [1.54, 1.807) is 36.6 Å². The number of halogens is 1. The summed E-state index contributed by atoms with van der Waals surface area (Å²) in [7, 11) is 1.71. The molecule has 14 nitrogen and oxygen atoms in total. The van der Waals surface area contributed by atoms with Crippen molar-refractivity contribution in [2.75, 3.05) is 51.9 Å². The number of ether oxygens (including phenoxy) is 4. The lowest BCUT2D eigenvalue weighted by atomic mass is 9.90. The van der Waals surface area contributed by atoms with Gasteiger partial charge in [0.1, 0.15) is 23.9 Å². The summed E-state index contributed by atoms with van der Waals surface area (Å²) in [5.74, 6) is 1.57. The van der Waals surface area contributed by atoms with Crippen LogP contribution in [0, 0.1) is 0 Å². The first-order valence-corrected chi connectivity index (χ1v) is 16.7. The molecule has 6 rings (SSSR count). The molecule has 3 aromatic heterocycles. The first-order chi connectivity index (χ1) is 23.1. The van der Waals surface area contributed by atoms with E-state index in [0.717, 1.165) is 81.6 Å². The highest BCUT2D eigenvalue weighted by molar-refractivity contribution is 6.32. The van der Waals surface area contributed by atoms with Crippen LogP contribution in [0.4, 0.5) is 11.6 Å². The number of aromatic nitrogens is 8. The second-order valence-electron chi connectivity index (χ2n) is 12.0. The Bertz CT molecular complexity index is 1520. The minimum absolute atomic E-state index is 0.203. The van der Waals surface area contributed by atoms with Crippen molar-refractivity contribution < 1.29 is 18.9 Å². The maximum atomic E-state index is 6.46. The Labute approximate surface area is 279 Å². The number of rotatable bonds is 15. The molecule has 1 aromatic carbocycles. The average Bonchev–Trinajstić information content (AvgIpc) is 3.76. The predicted octanol–water partition coefficient (Wildman–Crippen LogP) is 4.81. The molecule has 0 bridgehead atoms. The molecule has 2 aliphatic rings. The van der Waals surface area contributed by atoms with Gasteiger partial charge in [0.2, 0.25) is 5.95 Å². The van der Waals surface area contributed by atoms with Crippen LogP contribution in [0.3, 0.4) is 0 Å². The largest absolute Gasteiger partial charge is 0.487 e. The Morgan fingerprint density at radius 3 is 2.53 bits per heavy atom. The molecule has 0 spiro atoms. The molecule has 1 saturated carbocycles. The van der Waals surface area contributed by atoms with Gasteiger partial charge in [0.15, 0.2) is 0 Å². The lowest BCUT2D eigenvalue weighted by molar-refractivity contribution is 0.00503. The van der Waals surface area contributed by atoms with Gasteiger partial charge >= 0.3 is 0 Å². The van der Waals surface area contributed by atoms with Gasteiger partial charge in [0.05, 0.1) is 43.6 Å². The van der Waals surface area contributed by atoms with E-state index in [-0.39, 0.29) is 6.10 Å². The third-order valence-electron chi connectivity index (χ3n) is 8.61. The van der Waals surface area contributed by atoms with Crippen LogP contribution < -0.4 is 14.8 Å². The van der Waals surface area contributed by atoms with Gasteiger partial charge in [-0.25, -0.2) is 14.6 Å². The lowest BCUT2D eigenvalue weighted by Crippen LogP contribution is -2.45. The fourth-order valence-corrected chi connectivity index (χ4v) is 6.28. The normalized spacial score (nSPS) is 19.4. The van der Waals surface area contributed by atoms with E-state index >= 15 is 0 Å². The molecule has 47 heavy (non-hydrogen) atoms. The topological polar surface area (TPSA) is 139 Å². The van der Waals surface area contributed by atoms with Crippen molar-refractivity contribution in [2.45, 2.75) is 70.2 Å². The van der Waals surface area contributed by atoms with Crippen LogP contribution in [0.25, 0.3) is 11.1 Å². The molecule has 252 valence electrons. The molecule has 2 fully saturated rings. The molecule has 1 aliphatic carbocycles. The summed E-state index contributed by atoms with van der Waals surface area (Å²) in [4.78, 5) is 11.8. The first kappa shape index (κ1) is 33.1. The standard InChI is InChI=1S/C32H43ClN10O4/c1-23(20-42-22-36-39-40-42)47-30-17-24(5-10-28(30)33)25-18-34-32(35-19-25)37-29-21-43(38-31(29)46-14-4-3-13-44-2)27-8-6-26(7-9-27)41-11-15-45-16-12-41/h5,10,17-19,21-23,26-27H,3-4,6-9,11-16,20H2,1-2H3,(H,34,35,37)/t23-,26?,27?/m0/s1. The number of unbranched alkanes of at least 4 members (excludes halogenated alkanes) is 1. The zero-order chi connectivity index (χ0) is 32.4. The average molecular weight is 667 g/mol. The zero-order valence-corrected chi connectivity index (χ0v) is 27.8. The van der Waals surface area contributed by atoms with Crippen molar-refractivity contribution in [3.63, 3.8) is 0 Å². The Balaban J connectivity index is 1.11. The minimum atomic E-state index is -0.203. The molecule has 1 atom stereocenters. The number of nitrogens with one attached hydrogen (secondary N) is 1. The van der Waals surface area contributed by atoms with Crippen LogP contribution in [0.15, 0.2) is 43.1 Å². The van der Waals surface area contributed by atoms with Crippen LogP contribution in [0.1, 0.15) is 51.5 Å². The molecule has 4 heterocycles. The van der Waals surface area contributed by atoms with E-state index < -0.39 is 0 Å². The Hall–Kier alpha value is -3.85. The highest BCUT2D eigenvalue weighted by Gasteiger charge is 2.29. The van der Waals surface area contributed by atoms with Crippen molar-refractivity contribution >= 4 is 23.2 Å². The second-order valence-corrected chi connectivity index (χ2v) is 12.4. The number of nitrogens with zero attached hydrogens (tertiary/aromatic N) is 9. The summed E-state index contributed by atoms with van der Waals surface area (Å²) in [6.45, 7) is 7.40. The summed E-state index contributed by atoms with van der Waals surface area (Å²) in [5.41, 5.74) is 2.46. The molecule has 0 radical (unpaired) electrons. The third-order valence-corrected chi connectivity index (χ3v) is 8.92. The third kappa shape index (κ3) is 8.95. The van der Waals surface area contributed by atoms with Gasteiger partial charge in [-0.2, -0.15) is 0 Å². The van der Waals surface area contributed by atoms with E-state index in [1.165, 1.54) is 0 Å². The molecular formula is C32H43ClN10O4. The quantitative estimate of drug-likeness (QED) is 0.174. The first-order valence-electron chi connectivity index (χ1n) is 16.3. The monoisotopic (exact) mass is 666 g/mol. The van der Waals surface area contributed by atoms with Crippen LogP contribution >= 0.6 is 11.6 Å². The van der Waals surface area contributed by atoms with Gasteiger partial charge in [-0.3, -0.25) is 9.58 Å². The number of benzene rings is 1. The van der Waals surface area contributed by atoms with Gasteiger partial charge in [-0.1, -0.05) is 17.7 Å². The van der Waals surface area contributed by atoms with Crippen molar-refractivity contribution in [1.29, 1.82) is 0 Å². The molecule has 15 heteroatoms. The summed E-state index contributed by atoms with van der Waals surface area (Å²) in [6.07, 6.45) is 13.2. The molecule has 1 N–H and O–H groups in total. The number of anilines is 2. The molecular weight excluding hydrogens is 624 g/mol.